The summed E-state index contributed by atoms with van der Waals surface area (Å²) in [5, 5.41) is 0. The van der Waals surface area contributed by atoms with Gasteiger partial charge >= 0.3 is 0 Å². The van der Waals surface area contributed by atoms with Crippen LogP contribution in [-0.4, -0.2) is 6.54 Å². The molecule has 0 spiro atoms. The van der Waals surface area contributed by atoms with Gasteiger partial charge in [0.15, 0.2) is 0 Å². The van der Waals surface area contributed by atoms with Gasteiger partial charge in [0.25, 0.3) is 0 Å². The maximum Gasteiger partial charge on any atom is 0.105 e. The quantitative estimate of drug-likeness (QED) is 0.565. The monoisotopic (exact) mass is 127 g/mol. The lowest BCUT2D eigenvalue weighted by atomic mass is 10.0. The van der Waals surface area contributed by atoms with Crippen LogP contribution < -0.4 is 5.73 Å². The molecule has 2 N–H and O–H groups in total. The van der Waals surface area contributed by atoms with E-state index in [1.807, 2.05) is 6.08 Å². The van der Waals surface area contributed by atoms with Gasteiger partial charge in [-0.15, -0.1) is 0 Å². The molecule has 0 bridgehead atoms. The number of nitrogens with two attached hydrogens (primary N) is 1. The standard InChI is InChI=1S/C7H10FN/c8-7-4-2-1-3-6(7)5-9/h1-2,4,6H,3,5,9H2. The summed E-state index contributed by atoms with van der Waals surface area (Å²) in [6.45, 7) is 0.409. The van der Waals surface area contributed by atoms with Gasteiger partial charge in [0.2, 0.25) is 0 Å². The van der Waals surface area contributed by atoms with Gasteiger partial charge < -0.3 is 5.73 Å². The second-order valence-electron chi connectivity index (χ2n) is 2.15. The summed E-state index contributed by atoms with van der Waals surface area (Å²) in [4.78, 5) is 0. The minimum atomic E-state index is -0.0833. The van der Waals surface area contributed by atoms with Crippen LogP contribution in [0.15, 0.2) is 24.1 Å². The zero-order chi connectivity index (χ0) is 6.69. The second kappa shape index (κ2) is 2.78. The third-order valence-corrected chi connectivity index (χ3v) is 1.49. The van der Waals surface area contributed by atoms with E-state index in [0.29, 0.717) is 6.54 Å². The lowest BCUT2D eigenvalue weighted by Gasteiger charge is -2.11. The van der Waals surface area contributed by atoms with Crippen molar-refractivity contribution in [2.75, 3.05) is 6.54 Å². The summed E-state index contributed by atoms with van der Waals surface area (Å²) in [5.41, 5.74) is 5.28. The van der Waals surface area contributed by atoms with Crippen molar-refractivity contribution in [2.45, 2.75) is 6.42 Å². The molecule has 1 unspecified atom stereocenters. The highest BCUT2D eigenvalue weighted by molar-refractivity contribution is 5.15. The highest BCUT2D eigenvalue weighted by Crippen LogP contribution is 2.19. The Labute approximate surface area is 54.0 Å². The van der Waals surface area contributed by atoms with Crippen molar-refractivity contribution in [1.82, 2.24) is 0 Å². The van der Waals surface area contributed by atoms with Crippen LogP contribution in [0.1, 0.15) is 6.42 Å². The first kappa shape index (κ1) is 6.49. The molecule has 50 valence electrons. The molecule has 0 aliphatic heterocycles. The van der Waals surface area contributed by atoms with E-state index in [2.05, 4.69) is 0 Å². The summed E-state index contributed by atoms with van der Waals surface area (Å²) < 4.78 is 12.6. The minimum absolute atomic E-state index is 0.0602. The van der Waals surface area contributed by atoms with Crippen LogP contribution in [0.2, 0.25) is 0 Å². The van der Waals surface area contributed by atoms with E-state index < -0.39 is 0 Å². The first-order valence-corrected chi connectivity index (χ1v) is 3.07. The smallest absolute Gasteiger partial charge is 0.105 e. The highest BCUT2D eigenvalue weighted by atomic mass is 19.1. The number of allylic oxidation sites excluding steroid dienone is 3. The van der Waals surface area contributed by atoms with Crippen molar-refractivity contribution in [3.8, 4) is 0 Å². The average molecular weight is 127 g/mol. The van der Waals surface area contributed by atoms with Crippen LogP contribution in [0.5, 0.6) is 0 Å². The molecule has 0 heterocycles. The van der Waals surface area contributed by atoms with Gasteiger partial charge in [-0.05, 0) is 12.5 Å². The second-order valence-corrected chi connectivity index (χ2v) is 2.15. The number of hydrogen-bond acceptors (Lipinski definition) is 1. The molecule has 1 nitrogen and oxygen atoms in total. The zero-order valence-corrected chi connectivity index (χ0v) is 5.18. The third-order valence-electron chi connectivity index (χ3n) is 1.49. The van der Waals surface area contributed by atoms with Crippen LogP contribution in [-0.2, 0) is 0 Å². The van der Waals surface area contributed by atoms with Crippen LogP contribution in [0.3, 0.4) is 0 Å². The summed E-state index contributed by atoms with van der Waals surface area (Å²) >= 11 is 0. The molecular formula is C7H10FN. The fourth-order valence-corrected chi connectivity index (χ4v) is 0.860. The molecule has 0 aromatic carbocycles. The maximum absolute atomic E-state index is 12.6. The summed E-state index contributed by atoms with van der Waals surface area (Å²) in [7, 11) is 0. The van der Waals surface area contributed by atoms with Crippen molar-refractivity contribution >= 4 is 0 Å². The molecule has 1 rings (SSSR count). The van der Waals surface area contributed by atoms with Crippen LogP contribution in [0.25, 0.3) is 0 Å². The van der Waals surface area contributed by atoms with Crippen LogP contribution >= 0.6 is 0 Å². The third kappa shape index (κ3) is 1.39. The van der Waals surface area contributed by atoms with E-state index in [4.69, 9.17) is 5.73 Å². The first-order valence-electron chi connectivity index (χ1n) is 3.07. The molecule has 0 fully saturated rings. The van der Waals surface area contributed by atoms with E-state index in [1.165, 1.54) is 6.08 Å². The Balaban J connectivity index is 2.59. The molecule has 1 aliphatic rings. The predicted molar refractivity (Wildman–Crippen MR) is 35.5 cm³/mol. The van der Waals surface area contributed by atoms with E-state index in [1.54, 1.807) is 6.08 Å². The molecule has 0 aromatic rings. The predicted octanol–water partition coefficient (Wildman–Crippen LogP) is 1.37. The Bertz CT molecular complexity index is 149. The van der Waals surface area contributed by atoms with Gasteiger partial charge in [-0.3, -0.25) is 0 Å². The summed E-state index contributed by atoms with van der Waals surface area (Å²) in [6.07, 6.45) is 5.88. The Hall–Kier alpha value is -0.630. The van der Waals surface area contributed by atoms with Gasteiger partial charge in [0, 0.05) is 12.5 Å². The molecular weight excluding hydrogens is 117 g/mol. The SMILES string of the molecule is NCC1CC=CC=C1F. The first-order chi connectivity index (χ1) is 4.34. The Morgan fingerprint density at radius 3 is 3.00 bits per heavy atom. The summed E-state index contributed by atoms with van der Waals surface area (Å²) in [6, 6.07) is 0. The van der Waals surface area contributed by atoms with Crippen molar-refractivity contribution in [2.24, 2.45) is 11.7 Å². The van der Waals surface area contributed by atoms with E-state index in [0.717, 1.165) is 6.42 Å². The molecule has 0 saturated carbocycles. The lowest BCUT2D eigenvalue weighted by molar-refractivity contribution is 0.470. The number of rotatable bonds is 1. The largest absolute Gasteiger partial charge is 0.330 e. The molecule has 0 aromatic heterocycles. The molecule has 0 radical (unpaired) electrons. The van der Waals surface area contributed by atoms with Crippen molar-refractivity contribution < 1.29 is 4.39 Å². The van der Waals surface area contributed by atoms with Crippen molar-refractivity contribution in [3.05, 3.63) is 24.1 Å². The van der Waals surface area contributed by atoms with Gasteiger partial charge in [0.05, 0.1) is 0 Å². The molecule has 0 saturated heterocycles. The van der Waals surface area contributed by atoms with E-state index in [9.17, 15) is 4.39 Å². The van der Waals surface area contributed by atoms with Gasteiger partial charge in [-0.2, -0.15) is 0 Å². The van der Waals surface area contributed by atoms with Gasteiger partial charge in [-0.1, -0.05) is 12.2 Å². The fraction of sp³-hybridized carbons (Fsp3) is 0.429. The van der Waals surface area contributed by atoms with Crippen LogP contribution in [0, 0.1) is 5.92 Å². The number of hydrogen-bond donors (Lipinski definition) is 1. The Kier molecular flexibility index (Phi) is 2.01. The summed E-state index contributed by atoms with van der Waals surface area (Å²) in [5.74, 6) is -0.144. The Morgan fingerprint density at radius 1 is 1.78 bits per heavy atom. The molecule has 1 aliphatic carbocycles. The van der Waals surface area contributed by atoms with Gasteiger partial charge in [0.1, 0.15) is 5.83 Å². The highest BCUT2D eigenvalue weighted by Gasteiger charge is 2.11. The maximum atomic E-state index is 12.6. The van der Waals surface area contributed by atoms with Crippen LogP contribution in [0.4, 0.5) is 4.39 Å². The zero-order valence-electron chi connectivity index (χ0n) is 5.18. The lowest BCUT2D eigenvalue weighted by Crippen LogP contribution is -2.15. The molecule has 2 heteroatoms. The topological polar surface area (TPSA) is 26.0 Å². The Morgan fingerprint density at radius 2 is 2.56 bits per heavy atom. The molecule has 9 heavy (non-hydrogen) atoms. The number of halogens is 1. The van der Waals surface area contributed by atoms with E-state index >= 15 is 0 Å². The van der Waals surface area contributed by atoms with E-state index in [-0.39, 0.29) is 11.7 Å². The minimum Gasteiger partial charge on any atom is -0.330 e. The molecule has 0 amide bonds. The van der Waals surface area contributed by atoms with Crippen molar-refractivity contribution in [3.63, 3.8) is 0 Å². The average Bonchev–Trinajstić information content (AvgIpc) is 1.89. The fourth-order valence-electron chi connectivity index (χ4n) is 0.860. The normalized spacial score (nSPS) is 26.0. The molecule has 1 atom stereocenters. The van der Waals surface area contributed by atoms with Gasteiger partial charge in [-0.25, -0.2) is 4.39 Å². The van der Waals surface area contributed by atoms with Crippen molar-refractivity contribution in [1.29, 1.82) is 0 Å².